The zero-order valence-corrected chi connectivity index (χ0v) is 12.6. The Bertz CT molecular complexity index is 588. The van der Waals surface area contributed by atoms with E-state index < -0.39 is 0 Å². The molecule has 100 valence electrons. The molecule has 0 saturated carbocycles. The molecule has 0 amide bonds. The van der Waals surface area contributed by atoms with Crippen LogP contribution in [-0.2, 0) is 6.42 Å². The van der Waals surface area contributed by atoms with Crippen LogP contribution < -0.4 is 4.74 Å². The average molecular weight is 274 g/mol. The van der Waals surface area contributed by atoms with E-state index in [9.17, 15) is 4.79 Å². The lowest BCUT2D eigenvalue weighted by atomic mass is 10.0. The van der Waals surface area contributed by atoms with Crippen LogP contribution in [0.2, 0.25) is 0 Å². The van der Waals surface area contributed by atoms with E-state index in [-0.39, 0.29) is 5.78 Å². The minimum absolute atomic E-state index is 0.0959. The van der Waals surface area contributed by atoms with E-state index in [1.54, 1.807) is 18.4 Å². The number of rotatable bonds is 4. The van der Waals surface area contributed by atoms with Gasteiger partial charge in [-0.3, -0.25) is 4.79 Å². The first-order chi connectivity index (χ1) is 9.06. The van der Waals surface area contributed by atoms with E-state index >= 15 is 0 Å². The van der Waals surface area contributed by atoms with Gasteiger partial charge in [-0.05, 0) is 55.7 Å². The van der Waals surface area contributed by atoms with Gasteiger partial charge in [0.15, 0.2) is 0 Å². The van der Waals surface area contributed by atoms with Crippen LogP contribution in [-0.4, -0.2) is 12.9 Å². The standard InChI is InChI=1S/C16H18O2S/c1-5-13-6-7-14(19-13)15(17)12-8-10(2)16(18-4)11(3)9-12/h6-9H,5H2,1-4H3. The summed E-state index contributed by atoms with van der Waals surface area (Å²) in [6.45, 7) is 6.03. The molecular weight excluding hydrogens is 256 g/mol. The van der Waals surface area contributed by atoms with Gasteiger partial charge in [-0.25, -0.2) is 0 Å². The van der Waals surface area contributed by atoms with E-state index in [0.29, 0.717) is 0 Å². The fraction of sp³-hybridized carbons (Fsp3) is 0.312. The summed E-state index contributed by atoms with van der Waals surface area (Å²) in [5, 5.41) is 0. The third-order valence-electron chi connectivity index (χ3n) is 3.16. The van der Waals surface area contributed by atoms with Crippen molar-refractivity contribution >= 4 is 17.1 Å². The zero-order valence-electron chi connectivity index (χ0n) is 11.7. The van der Waals surface area contributed by atoms with Gasteiger partial charge in [0.2, 0.25) is 5.78 Å². The van der Waals surface area contributed by atoms with Gasteiger partial charge in [-0.15, -0.1) is 11.3 Å². The average Bonchev–Trinajstić information content (AvgIpc) is 2.86. The predicted octanol–water partition coefficient (Wildman–Crippen LogP) is 4.17. The zero-order chi connectivity index (χ0) is 14.0. The number of thiophene rings is 1. The summed E-state index contributed by atoms with van der Waals surface area (Å²) in [6, 6.07) is 7.75. The second-order valence-corrected chi connectivity index (χ2v) is 5.76. The second-order valence-electron chi connectivity index (χ2n) is 4.59. The van der Waals surface area contributed by atoms with E-state index in [2.05, 4.69) is 6.92 Å². The number of hydrogen-bond donors (Lipinski definition) is 0. The first-order valence-electron chi connectivity index (χ1n) is 6.35. The summed E-state index contributed by atoms with van der Waals surface area (Å²) >= 11 is 1.58. The largest absolute Gasteiger partial charge is 0.496 e. The smallest absolute Gasteiger partial charge is 0.202 e. The molecule has 1 aromatic heterocycles. The van der Waals surface area contributed by atoms with Crippen molar-refractivity contribution in [2.24, 2.45) is 0 Å². The highest BCUT2D eigenvalue weighted by atomic mass is 32.1. The van der Waals surface area contributed by atoms with Crippen LogP contribution in [0.3, 0.4) is 0 Å². The highest BCUT2D eigenvalue weighted by Gasteiger charge is 2.14. The quantitative estimate of drug-likeness (QED) is 0.782. The van der Waals surface area contributed by atoms with E-state index in [1.165, 1.54) is 4.88 Å². The van der Waals surface area contributed by atoms with Crippen LogP contribution >= 0.6 is 11.3 Å². The van der Waals surface area contributed by atoms with Crippen molar-refractivity contribution in [2.45, 2.75) is 27.2 Å². The molecule has 0 aliphatic rings. The molecule has 2 nitrogen and oxygen atoms in total. The summed E-state index contributed by atoms with van der Waals surface area (Å²) in [7, 11) is 1.66. The number of carbonyl (C=O) groups excluding carboxylic acids is 1. The molecule has 0 unspecified atom stereocenters. The maximum atomic E-state index is 12.4. The third-order valence-corrected chi connectivity index (χ3v) is 4.39. The Hall–Kier alpha value is -1.61. The van der Waals surface area contributed by atoms with Gasteiger partial charge >= 0.3 is 0 Å². The van der Waals surface area contributed by atoms with Crippen molar-refractivity contribution in [3.8, 4) is 5.75 Å². The number of methoxy groups -OCH3 is 1. The minimum Gasteiger partial charge on any atom is -0.496 e. The molecule has 0 aliphatic heterocycles. The Morgan fingerprint density at radius 1 is 1.21 bits per heavy atom. The number of benzene rings is 1. The van der Waals surface area contributed by atoms with E-state index in [1.807, 2.05) is 38.1 Å². The van der Waals surface area contributed by atoms with Gasteiger partial charge in [0.05, 0.1) is 12.0 Å². The molecule has 0 spiro atoms. The third kappa shape index (κ3) is 2.71. The molecule has 0 saturated heterocycles. The molecule has 3 heteroatoms. The van der Waals surface area contributed by atoms with Crippen molar-refractivity contribution in [3.63, 3.8) is 0 Å². The topological polar surface area (TPSA) is 26.3 Å². The molecule has 19 heavy (non-hydrogen) atoms. The lowest BCUT2D eigenvalue weighted by molar-refractivity contribution is 0.104. The molecule has 1 aromatic carbocycles. The van der Waals surface area contributed by atoms with Crippen LogP contribution in [0.15, 0.2) is 24.3 Å². The van der Waals surface area contributed by atoms with Gasteiger partial charge in [-0.1, -0.05) is 6.92 Å². The number of aryl methyl sites for hydroxylation is 3. The second kappa shape index (κ2) is 5.57. The Morgan fingerprint density at radius 2 is 1.84 bits per heavy atom. The summed E-state index contributed by atoms with van der Waals surface area (Å²) in [6.07, 6.45) is 0.971. The molecule has 0 N–H and O–H groups in total. The Balaban J connectivity index is 2.39. The van der Waals surface area contributed by atoms with Crippen molar-refractivity contribution < 1.29 is 9.53 Å². The van der Waals surface area contributed by atoms with Crippen molar-refractivity contribution in [3.05, 3.63) is 50.7 Å². The van der Waals surface area contributed by atoms with Crippen LogP contribution in [0.25, 0.3) is 0 Å². The number of ketones is 1. The van der Waals surface area contributed by atoms with Crippen molar-refractivity contribution in [2.75, 3.05) is 7.11 Å². The molecule has 0 fully saturated rings. The maximum Gasteiger partial charge on any atom is 0.202 e. The lowest BCUT2D eigenvalue weighted by Crippen LogP contribution is -2.01. The van der Waals surface area contributed by atoms with E-state index in [0.717, 1.165) is 33.7 Å². The summed E-state index contributed by atoms with van der Waals surface area (Å²) in [4.78, 5) is 14.5. The molecule has 0 atom stereocenters. The molecular formula is C16H18O2S. The first kappa shape index (κ1) is 13.8. The Labute approximate surface area is 118 Å². The van der Waals surface area contributed by atoms with Crippen molar-refractivity contribution in [1.29, 1.82) is 0 Å². The van der Waals surface area contributed by atoms with Gasteiger partial charge in [0.25, 0.3) is 0 Å². The van der Waals surface area contributed by atoms with E-state index in [4.69, 9.17) is 4.74 Å². The first-order valence-corrected chi connectivity index (χ1v) is 7.17. The molecule has 2 rings (SSSR count). The highest BCUT2D eigenvalue weighted by Crippen LogP contribution is 2.27. The minimum atomic E-state index is 0.0959. The molecule has 0 bridgehead atoms. The van der Waals surface area contributed by atoms with Gasteiger partial charge in [-0.2, -0.15) is 0 Å². The van der Waals surface area contributed by atoms with Crippen LogP contribution in [0.1, 0.15) is 38.2 Å². The molecule has 1 heterocycles. The predicted molar refractivity (Wildman–Crippen MR) is 79.6 cm³/mol. The highest BCUT2D eigenvalue weighted by molar-refractivity contribution is 7.14. The molecule has 0 radical (unpaired) electrons. The summed E-state index contributed by atoms with van der Waals surface area (Å²) in [5.74, 6) is 0.954. The Morgan fingerprint density at radius 3 is 2.32 bits per heavy atom. The van der Waals surface area contributed by atoms with Crippen LogP contribution in [0, 0.1) is 13.8 Å². The summed E-state index contributed by atoms with van der Waals surface area (Å²) in [5.41, 5.74) is 2.73. The Kier molecular flexibility index (Phi) is 4.05. The monoisotopic (exact) mass is 274 g/mol. The maximum absolute atomic E-state index is 12.4. The normalized spacial score (nSPS) is 10.5. The van der Waals surface area contributed by atoms with Crippen LogP contribution in [0.4, 0.5) is 0 Å². The van der Waals surface area contributed by atoms with Gasteiger partial charge in [0, 0.05) is 10.4 Å². The van der Waals surface area contributed by atoms with Gasteiger partial charge in [0.1, 0.15) is 5.75 Å². The van der Waals surface area contributed by atoms with Crippen molar-refractivity contribution in [1.82, 2.24) is 0 Å². The fourth-order valence-electron chi connectivity index (χ4n) is 2.24. The molecule has 2 aromatic rings. The fourth-order valence-corrected chi connectivity index (χ4v) is 3.15. The molecule has 0 aliphatic carbocycles. The number of hydrogen-bond acceptors (Lipinski definition) is 3. The number of ether oxygens (including phenoxy) is 1. The lowest BCUT2D eigenvalue weighted by Gasteiger charge is -2.10. The summed E-state index contributed by atoms with van der Waals surface area (Å²) < 4.78 is 5.33. The number of carbonyl (C=O) groups is 1. The van der Waals surface area contributed by atoms with Crippen LogP contribution in [0.5, 0.6) is 5.75 Å². The van der Waals surface area contributed by atoms with Gasteiger partial charge < -0.3 is 4.74 Å². The SMILES string of the molecule is CCc1ccc(C(=O)c2cc(C)c(OC)c(C)c2)s1.